The van der Waals surface area contributed by atoms with Crippen LogP contribution in [0.15, 0.2) is 64.6 Å². The van der Waals surface area contributed by atoms with E-state index in [1.54, 1.807) is 19.2 Å². The van der Waals surface area contributed by atoms with Gasteiger partial charge in [-0.15, -0.1) is 0 Å². The molecule has 0 unspecified atom stereocenters. The maximum atomic E-state index is 13.3. The molecule has 3 aromatic rings. The fourth-order valence-corrected chi connectivity index (χ4v) is 3.51. The Morgan fingerprint density at radius 3 is 2.62 bits per heavy atom. The van der Waals surface area contributed by atoms with Gasteiger partial charge in [0.15, 0.2) is 5.11 Å². The Labute approximate surface area is 202 Å². The number of aliphatic hydroxyl groups excluding tert-OH is 1. The number of nitrogens with one attached hydrogen (secondary N) is 3. The quantitative estimate of drug-likeness (QED) is 0.126. The molecule has 0 spiro atoms. The van der Waals surface area contributed by atoms with Crippen LogP contribution >= 0.6 is 12.2 Å². The van der Waals surface area contributed by atoms with E-state index in [4.69, 9.17) is 23.1 Å². The molecule has 3 rings (SSSR count). The largest absolute Gasteiger partial charge is 0.395 e. The zero-order chi connectivity index (χ0) is 24.5. The summed E-state index contributed by atoms with van der Waals surface area (Å²) in [5.41, 5.74) is 10.7. The van der Waals surface area contributed by atoms with Crippen LogP contribution in [0.1, 0.15) is 28.4 Å². The number of hydrogen-bond donors (Lipinski definition) is 5. The lowest BCUT2D eigenvalue weighted by molar-refractivity contribution is 0.0952. The second-order valence-electron chi connectivity index (χ2n) is 7.62. The summed E-state index contributed by atoms with van der Waals surface area (Å²) in [5.74, 6) is -0.453. The number of thiocarbonyl (C=S) groups is 1. The number of nitrogens with two attached hydrogens (primary N) is 1. The minimum absolute atomic E-state index is 0.0143. The van der Waals surface area contributed by atoms with Gasteiger partial charge >= 0.3 is 0 Å². The molecule has 0 aliphatic rings. The number of hydrazone groups is 1. The number of nitrogens with zero attached hydrogens (tertiary/aromatic N) is 2. The third-order valence-corrected chi connectivity index (χ3v) is 5.24. The molecule has 0 saturated carbocycles. The van der Waals surface area contributed by atoms with Crippen LogP contribution < -0.4 is 27.2 Å². The molecule has 0 aliphatic heterocycles. The Bertz CT molecular complexity index is 1260. The van der Waals surface area contributed by atoms with Crippen LogP contribution in [0.3, 0.4) is 0 Å². The van der Waals surface area contributed by atoms with E-state index in [0.29, 0.717) is 48.4 Å². The lowest BCUT2D eigenvalue weighted by Crippen LogP contribution is -2.35. The van der Waals surface area contributed by atoms with Gasteiger partial charge in [-0.2, -0.15) is 5.10 Å². The maximum absolute atomic E-state index is 13.3. The molecular formula is C24H28N6O3S. The van der Waals surface area contributed by atoms with Crippen molar-refractivity contribution in [3.8, 4) is 0 Å². The van der Waals surface area contributed by atoms with E-state index in [1.165, 1.54) is 0 Å². The van der Waals surface area contributed by atoms with Crippen LogP contribution in [0, 0.1) is 0 Å². The van der Waals surface area contributed by atoms with E-state index in [1.807, 2.05) is 47.0 Å². The van der Waals surface area contributed by atoms with Crippen LogP contribution in [0.5, 0.6) is 0 Å². The van der Waals surface area contributed by atoms with Gasteiger partial charge < -0.3 is 26.0 Å². The van der Waals surface area contributed by atoms with E-state index >= 15 is 0 Å². The predicted octanol–water partition coefficient (Wildman–Crippen LogP) is 0.919. The summed E-state index contributed by atoms with van der Waals surface area (Å²) in [7, 11) is 0. The Hall–Kier alpha value is -3.60. The third kappa shape index (κ3) is 6.47. The first kappa shape index (κ1) is 25.0. The van der Waals surface area contributed by atoms with Gasteiger partial charge in [0.2, 0.25) is 5.43 Å². The Kier molecular flexibility index (Phi) is 8.86. The number of aromatic nitrogens is 1. The second kappa shape index (κ2) is 12.0. The number of hydrogen-bond acceptors (Lipinski definition) is 6. The molecule has 1 heterocycles. The number of carbonyl (C=O) groups excluding carboxylic acids is 1. The Morgan fingerprint density at radius 2 is 1.91 bits per heavy atom. The SMILES string of the molecule is C/C(=N\NC(N)=S)c1ccc2c(c1)c(=O)c(C(=O)NCCNCCO)cn2Cc1ccccc1. The molecule has 0 bridgehead atoms. The highest BCUT2D eigenvalue weighted by Gasteiger charge is 2.16. The van der Waals surface area contributed by atoms with Gasteiger partial charge in [0, 0.05) is 37.8 Å². The standard InChI is InChI=1S/C24H28N6O3S/c1-16(28-29-24(25)34)18-7-8-21-19(13-18)22(32)20(23(33)27-10-9-26-11-12-31)15-30(21)14-17-5-3-2-4-6-17/h2-8,13,15,26,31H,9-12,14H2,1H3,(H,27,33)(H3,25,29,34)/b28-16+. The van der Waals surface area contributed by atoms with Gasteiger partial charge in [0.25, 0.3) is 5.91 Å². The predicted molar refractivity (Wildman–Crippen MR) is 138 cm³/mol. The molecule has 9 nitrogen and oxygen atoms in total. The van der Waals surface area contributed by atoms with E-state index in [9.17, 15) is 9.59 Å². The van der Waals surface area contributed by atoms with E-state index in [2.05, 4.69) is 21.2 Å². The maximum Gasteiger partial charge on any atom is 0.256 e. The smallest absolute Gasteiger partial charge is 0.256 e. The van der Waals surface area contributed by atoms with Crippen LogP contribution in [-0.4, -0.2) is 52.6 Å². The summed E-state index contributed by atoms with van der Waals surface area (Å²) in [6, 6.07) is 15.2. The lowest BCUT2D eigenvalue weighted by atomic mass is 10.0. The molecule has 34 heavy (non-hydrogen) atoms. The molecule has 0 fully saturated rings. The third-order valence-electron chi connectivity index (χ3n) is 5.15. The Morgan fingerprint density at radius 1 is 1.15 bits per heavy atom. The molecule has 0 radical (unpaired) electrons. The van der Waals surface area contributed by atoms with Gasteiger partial charge in [-0.25, -0.2) is 0 Å². The summed E-state index contributed by atoms with van der Waals surface area (Å²) in [4.78, 5) is 26.2. The summed E-state index contributed by atoms with van der Waals surface area (Å²) in [5, 5.41) is 19.2. The van der Waals surface area contributed by atoms with Gasteiger partial charge in [-0.05, 0) is 42.4 Å². The highest BCUT2D eigenvalue weighted by atomic mass is 32.1. The van der Waals surface area contributed by atoms with Gasteiger partial charge in [-0.1, -0.05) is 36.4 Å². The second-order valence-corrected chi connectivity index (χ2v) is 8.06. The topological polar surface area (TPSA) is 134 Å². The fraction of sp³-hybridized carbons (Fsp3) is 0.250. The van der Waals surface area contributed by atoms with Gasteiger partial charge in [0.05, 0.1) is 17.8 Å². The normalized spacial score (nSPS) is 11.4. The van der Waals surface area contributed by atoms with Crippen LogP contribution in [0.2, 0.25) is 0 Å². The summed E-state index contributed by atoms with van der Waals surface area (Å²) >= 11 is 4.79. The van der Waals surface area contributed by atoms with E-state index < -0.39 is 5.91 Å². The highest BCUT2D eigenvalue weighted by Crippen LogP contribution is 2.17. The number of rotatable bonds is 10. The first-order valence-corrected chi connectivity index (χ1v) is 11.2. The van der Waals surface area contributed by atoms with Crippen molar-refractivity contribution in [3.63, 3.8) is 0 Å². The van der Waals surface area contributed by atoms with Crippen molar-refractivity contribution in [2.24, 2.45) is 10.8 Å². The summed E-state index contributed by atoms with van der Waals surface area (Å²) in [6.45, 7) is 3.51. The number of carbonyl (C=O) groups is 1. The van der Waals surface area contributed by atoms with Crippen molar-refractivity contribution in [1.82, 2.24) is 20.6 Å². The van der Waals surface area contributed by atoms with E-state index in [0.717, 1.165) is 5.56 Å². The fourth-order valence-electron chi connectivity index (χ4n) is 3.46. The number of benzene rings is 2. The van der Waals surface area contributed by atoms with Gasteiger partial charge in [0.1, 0.15) is 5.56 Å². The first-order valence-electron chi connectivity index (χ1n) is 10.8. The van der Waals surface area contributed by atoms with Crippen molar-refractivity contribution >= 4 is 39.9 Å². The molecule has 178 valence electrons. The van der Waals surface area contributed by atoms with Crippen molar-refractivity contribution in [1.29, 1.82) is 0 Å². The number of aliphatic hydroxyl groups is 1. The van der Waals surface area contributed by atoms with Crippen LogP contribution in [0.4, 0.5) is 0 Å². The van der Waals surface area contributed by atoms with Crippen molar-refractivity contribution in [2.75, 3.05) is 26.2 Å². The zero-order valence-corrected chi connectivity index (χ0v) is 19.7. The average Bonchev–Trinajstić information content (AvgIpc) is 2.84. The Balaban J connectivity index is 2.03. The number of pyridine rings is 1. The molecule has 0 atom stereocenters. The van der Waals surface area contributed by atoms with Crippen LogP contribution in [-0.2, 0) is 6.54 Å². The molecule has 1 aromatic heterocycles. The van der Waals surface area contributed by atoms with Crippen molar-refractivity contribution in [3.05, 3.63) is 81.6 Å². The van der Waals surface area contributed by atoms with Crippen molar-refractivity contribution < 1.29 is 9.90 Å². The number of amides is 1. The molecule has 0 saturated heterocycles. The van der Waals surface area contributed by atoms with E-state index in [-0.39, 0.29) is 22.7 Å². The average molecular weight is 481 g/mol. The van der Waals surface area contributed by atoms with Crippen LogP contribution in [0.25, 0.3) is 10.9 Å². The highest BCUT2D eigenvalue weighted by molar-refractivity contribution is 7.80. The molecular weight excluding hydrogens is 452 g/mol. The zero-order valence-electron chi connectivity index (χ0n) is 18.9. The number of fused-ring (bicyclic) bond motifs is 1. The molecule has 10 heteroatoms. The molecule has 0 aliphatic carbocycles. The minimum Gasteiger partial charge on any atom is -0.395 e. The van der Waals surface area contributed by atoms with Crippen molar-refractivity contribution in [2.45, 2.75) is 13.5 Å². The molecule has 2 aromatic carbocycles. The van der Waals surface area contributed by atoms with Gasteiger partial charge in [-0.3, -0.25) is 15.0 Å². The monoisotopic (exact) mass is 480 g/mol. The summed E-state index contributed by atoms with van der Waals surface area (Å²) < 4.78 is 1.90. The minimum atomic E-state index is -0.453. The first-order chi connectivity index (χ1) is 16.4. The lowest BCUT2D eigenvalue weighted by Gasteiger charge is -2.15. The molecule has 6 N–H and O–H groups in total. The molecule has 1 amide bonds. The summed E-state index contributed by atoms with van der Waals surface area (Å²) in [6.07, 6.45) is 1.60.